The average Bonchev–Trinajstić information content (AvgIpc) is 2.19. The molecule has 0 aliphatic heterocycles. The van der Waals surface area contributed by atoms with Gasteiger partial charge in [0.1, 0.15) is 0 Å². The summed E-state index contributed by atoms with van der Waals surface area (Å²) in [6.07, 6.45) is 0.0697. The van der Waals surface area contributed by atoms with Crippen LogP contribution in [-0.4, -0.2) is 46.7 Å². The van der Waals surface area contributed by atoms with Crippen LogP contribution in [0.4, 0.5) is 0 Å². The number of carbonyl (C=O) groups is 1. The second kappa shape index (κ2) is 8.64. The lowest BCUT2D eigenvalue weighted by Crippen LogP contribution is -2.35. The van der Waals surface area contributed by atoms with Gasteiger partial charge < -0.3 is 19.5 Å². The van der Waals surface area contributed by atoms with Crippen LogP contribution in [0.3, 0.4) is 0 Å². The molecule has 0 radical (unpaired) electrons. The first kappa shape index (κ1) is 14.3. The standard InChI is InChI=1S/C10H21NO4/c1-8(7-13-2)5-9(12)11-6-10(14-3)15-4/h8,10H,5-7H2,1-4H3,(H,11,12). The normalized spacial score (nSPS) is 12.9. The summed E-state index contributed by atoms with van der Waals surface area (Å²) in [5, 5.41) is 2.73. The first-order chi connectivity index (χ1) is 7.13. The zero-order chi connectivity index (χ0) is 11.7. The quantitative estimate of drug-likeness (QED) is 0.600. The fourth-order valence-electron chi connectivity index (χ4n) is 1.19. The molecule has 1 atom stereocenters. The first-order valence-corrected chi connectivity index (χ1v) is 4.95. The monoisotopic (exact) mass is 219 g/mol. The number of rotatable bonds is 8. The molecule has 0 spiro atoms. The summed E-state index contributed by atoms with van der Waals surface area (Å²) in [6, 6.07) is 0. The summed E-state index contributed by atoms with van der Waals surface area (Å²) >= 11 is 0. The van der Waals surface area contributed by atoms with Crippen LogP contribution in [0.2, 0.25) is 0 Å². The van der Waals surface area contributed by atoms with E-state index in [9.17, 15) is 4.79 Å². The highest BCUT2D eigenvalue weighted by Crippen LogP contribution is 2.01. The van der Waals surface area contributed by atoms with Crippen LogP contribution < -0.4 is 5.32 Å². The average molecular weight is 219 g/mol. The molecular weight excluding hydrogens is 198 g/mol. The fourth-order valence-corrected chi connectivity index (χ4v) is 1.19. The van der Waals surface area contributed by atoms with Gasteiger partial charge in [0.05, 0.1) is 6.54 Å². The largest absolute Gasteiger partial charge is 0.384 e. The molecule has 5 nitrogen and oxygen atoms in total. The second-order valence-electron chi connectivity index (χ2n) is 3.47. The fraction of sp³-hybridized carbons (Fsp3) is 0.900. The predicted molar refractivity (Wildman–Crippen MR) is 56.5 cm³/mol. The van der Waals surface area contributed by atoms with Gasteiger partial charge in [-0.05, 0) is 5.92 Å². The smallest absolute Gasteiger partial charge is 0.220 e. The van der Waals surface area contributed by atoms with Crippen molar-refractivity contribution in [1.29, 1.82) is 0 Å². The van der Waals surface area contributed by atoms with Crippen molar-refractivity contribution in [2.24, 2.45) is 5.92 Å². The molecule has 1 N–H and O–H groups in total. The van der Waals surface area contributed by atoms with Gasteiger partial charge >= 0.3 is 0 Å². The predicted octanol–water partition coefficient (Wildman–Crippen LogP) is 0.394. The zero-order valence-electron chi connectivity index (χ0n) is 9.91. The van der Waals surface area contributed by atoms with E-state index in [2.05, 4.69) is 5.32 Å². The second-order valence-corrected chi connectivity index (χ2v) is 3.47. The van der Waals surface area contributed by atoms with E-state index in [1.165, 1.54) is 14.2 Å². The van der Waals surface area contributed by atoms with Gasteiger partial charge in [0, 0.05) is 34.4 Å². The number of amides is 1. The van der Waals surface area contributed by atoms with E-state index in [4.69, 9.17) is 14.2 Å². The van der Waals surface area contributed by atoms with Crippen molar-refractivity contribution in [3.8, 4) is 0 Å². The third kappa shape index (κ3) is 7.30. The SMILES string of the molecule is COCC(C)CC(=O)NCC(OC)OC. The van der Waals surface area contributed by atoms with E-state index < -0.39 is 0 Å². The summed E-state index contributed by atoms with van der Waals surface area (Å²) in [4.78, 5) is 11.4. The minimum Gasteiger partial charge on any atom is -0.384 e. The van der Waals surface area contributed by atoms with Crippen molar-refractivity contribution < 1.29 is 19.0 Å². The van der Waals surface area contributed by atoms with Gasteiger partial charge in [0.25, 0.3) is 0 Å². The van der Waals surface area contributed by atoms with Gasteiger partial charge in [0.15, 0.2) is 6.29 Å². The van der Waals surface area contributed by atoms with E-state index in [1.54, 1.807) is 7.11 Å². The molecule has 0 heterocycles. The Morgan fingerprint density at radius 1 is 1.27 bits per heavy atom. The molecular formula is C10H21NO4. The molecule has 0 aliphatic rings. The van der Waals surface area contributed by atoms with Crippen LogP contribution in [0.5, 0.6) is 0 Å². The molecule has 0 bridgehead atoms. The van der Waals surface area contributed by atoms with Gasteiger partial charge in [-0.15, -0.1) is 0 Å². The molecule has 1 amide bonds. The Morgan fingerprint density at radius 3 is 2.33 bits per heavy atom. The maximum absolute atomic E-state index is 11.4. The van der Waals surface area contributed by atoms with Gasteiger partial charge in [-0.2, -0.15) is 0 Å². The molecule has 90 valence electrons. The van der Waals surface area contributed by atoms with Crippen LogP contribution in [0.1, 0.15) is 13.3 Å². The minimum atomic E-state index is -0.383. The lowest BCUT2D eigenvalue weighted by Gasteiger charge is -2.15. The Labute approximate surface area is 91.1 Å². The summed E-state index contributed by atoms with van der Waals surface area (Å²) in [6.45, 7) is 2.92. The Bertz CT molecular complexity index is 171. The number of hydrogen-bond donors (Lipinski definition) is 1. The molecule has 0 saturated heterocycles. The minimum absolute atomic E-state index is 0.0151. The maximum atomic E-state index is 11.4. The summed E-state index contributed by atoms with van der Waals surface area (Å²) in [5.41, 5.74) is 0. The van der Waals surface area contributed by atoms with Crippen molar-refractivity contribution in [2.45, 2.75) is 19.6 Å². The first-order valence-electron chi connectivity index (χ1n) is 4.95. The molecule has 0 fully saturated rings. The van der Waals surface area contributed by atoms with Crippen molar-refractivity contribution in [3.05, 3.63) is 0 Å². The molecule has 0 aromatic rings. The molecule has 1 unspecified atom stereocenters. The van der Waals surface area contributed by atoms with Crippen LogP contribution >= 0.6 is 0 Å². The third-order valence-corrected chi connectivity index (χ3v) is 1.98. The molecule has 15 heavy (non-hydrogen) atoms. The van der Waals surface area contributed by atoms with Crippen molar-refractivity contribution in [2.75, 3.05) is 34.5 Å². The highest BCUT2D eigenvalue weighted by atomic mass is 16.7. The Hall–Kier alpha value is -0.650. The number of ether oxygens (including phenoxy) is 3. The molecule has 0 aliphatic carbocycles. The van der Waals surface area contributed by atoms with Gasteiger partial charge in [0.2, 0.25) is 5.91 Å². The van der Waals surface area contributed by atoms with Crippen LogP contribution in [-0.2, 0) is 19.0 Å². The van der Waals surface area contributed by atoms with Gasteiger partial charge in [-0.3, -0.25) is 4.79 Å². The Kier molecular flexibility index (Phi) is 8.27. The van der Waals surface area contributed by atoms with Crippen molar-refractivity contribution in [1.82, 2.24) is 5.32 Å². The number of methoxy groups -OCH3 is 3. The Morgan fingerprint density at radius 2 is 1.87 bits per heavy atom. The molecule has 0 aromatic heterocycles. The van der Waals surface area contributed by atoms with E-state index >= 15 is 0 Å². The van der Waals surface area contributed by atoms with Gasteiger partial charge in [-0.1, -0.05) is 6.92 Å². The van der Waals surface area contributed by atoms with E-state index in [0.29, 0.717) is 19.6 Å². The lowest BCUT2D eigenvalue weighted by molar-refractivity contribution is -0.128. The van der Waals surface area contributed by atoms with E-state index in [-0.39, 0.29) is 18.1 Å². The molecule has 5 heteroatoms. The number of nitrogens with one attached hydrogen (secondary N) is 1. The zero-order valence-corrected chi connectivity index (χ0v) is 9.91. The van der Waals surface area contributed by atoms with Gasteiger partial charge in [-0.25, -0.2) is 0 Å². The number of carbonyl (C=O) groups excluding carboxylic acids is 1. The van der Waals surface area contributed by atoms with Crippen molar-refractivity contribution in [3.63, 3.8) is 0 Å². The number of hydrogen-bond acceptors (Lipinski definition) is 4. The maximum Gasteiger partial charge on any atom is 0.220 e. The van der Waals surface area contributed by atoms with E-state index in [0.717, 1.165) is 0 Å². The summed E-state index contributed by atoms with van der Waals surface area (Å²) in [5.74, 6) is 0.206. The highest BCUT2D eigenvalue weighted by molar-refractivity contribution is 5.76. The molecule has 0 rings (SSSR count). The summed E-state index contributed by atoms with van der Waals surface area (Å²) < 4.78 is 14.8. The molecule has 0 aromatic carbocycles. The van der Waals surface area contributed by atoms with Crippen LogP contribution in [0, 0.1) is 5.92 Å². The summed E-state index contributed by atoms with van der Waals surface area (Å²) in [7, 11) is 4.70. The molecule has 0 saturated carbocycles. The van der Waals surface area contributed by atoms with Crippen LogP contribution in [0.25, 0.3) is 0 Å². The highest BCUT2D eigenvalue weighted by Gasteiger charge is 2.11. The van der Waals surface area contributed by atoms with Crippen LogP contribution in [0.15, 0.2) is 0 Å². The van der Waals surface area contributed by atoms with Crippen molar-refractivity contribution >= 4 is 5.91 Å². The third-order valence-electron chi connectivity index (χ3n) is 1.98. The van der Waals surface area contributed by atoms with E-state index in [1.807, 2.05) is 6.92 Å². The lowest BCUT2D eigenvalue weighted by atomic mass is 10.1. The Balaban J connectivity index is 3.64. The topological polar surface area (TPSA) is 56.8 Å².